The number of H-pyrrole nitrogens is 3. The van der Waals surface area contributed by atoms with E-state index in [0.717, 1.165) is 0 Å². The Hall–Kier alpha value is -1.97. The Morgan fingerprint density at radius 3 is 2.86 bits per heavy atom. The zero-order chi connectivity index (χ0) is 14.8. The third-order valence-electron chi connectivity index (χ3n) is 3.72. The van der Waals surface area contributed by atoms with Gasteiger partial charge >= 0.3 is 5.69 Å². The summed E-state index contributed by atoms with van der Waals surface area (Å²) in [6, 6.07) is 0. The molecule has 2 aliphatic rings. The van der Waals surface area contributed by atoms with Crippen molar-refractivity contribution in [1.29, 1.82) is 0 Å². The van der Waals surface area contributed by atoms with Crippen LogP contribution < -0.4 is 11.2 Å². The molecule has 3 atom stereocenters. The second kappa shape index (κ2) is 4.03. The molecule has 0 aliphatic carbocycles. The number of hydrogen-bond acceptors (Lipinski definition) is 6. The fourth-order valence-corrected chi connectivity index (χ4v) is 2.95. The largest absolute Gasteiger partial charge is 0.366 e. The summed E-state index contributed by atoms with van der Waals surface area (Å²) in [5.74, 6) is -0.682. The van der Waals surface area contributed by atoms with Gasteiger partial charge in [-0.1, -0.05) is 0 Å². The van der Waals surface area contributed by atoms with E-state index in [1.165, 1.54) is 0 Å². The predicted octanol–water partition coefficient (Wildman–Crippen LogP) is -0.469. The number of aromatic amines is 3. The van der Waals surface area contributed by atoms with E-state index in [9.17, 15) is 9.59 Å². The SMILES string of the molecule is CC1(C)OC2COC(c3[nH]nc4c(=O)[nH]c(=O)[nH]c34)C2O1. The lowest BCUT2D eigenvalue weighted by Crippen LogP contribution is -2.26. The van der Waals surface area contributed by atoms with Crippen LogP contribution in [-0.4, -0.2) is 44.8 Å². The van der Waals surface area contributed by atoms with E-state index in [0.29, 0.717) is 17.8 Å². The molecule has 2 aromatic heterocycles. The lowest BCUT2D eigenvalue weighted by molar-refractivity contribution is -0.175. The molecule has 0 spiro atoms. The first-order valence-electron chi connectivity index (χ1n) is 6.62. The molecule has 0 aromatic carbocycles. The third-order valence-corrected chi connectivity index (χ3v) is 3.72. The molecule has 2 aliphatic heterocycles. The Balaban J connectivity index is 1.81. The number of nitrogens with zero attached hydrogens (tertiary/aromatic N) is 1. The zero-order valence-corrected chi connectivity index (χ0v) is 11.4. The number of fused-ring (bicyclic) bond motifs is 2. The van der Waals surface area contributed by atoms with Crippen LogP contribution in [0.3, 0.4) is 0 Å². The first kappa shape index (κ1) is 12.7. The molecule has 0 amide bonds. The Morgan fingerprint density at radius 2 is 2.05 bits per heavy atom. The number of ether oxygens (including phenoxy) is 3. The molecule has 9 nitrogen and oxygen atoms in total. The number of rotatable bonds is 1. The normalized spacial score (nSPS) is 30.9. The lowest BCUT2D eigenvalue weighted by atomic mass is 10.1. The fourth-order valence-electron chi connectivity index (χ4n) is 2.95. The van der Waals surface area contributed by atoms with Crippen LogP contribution in [-0.2, 0) is 14.2 Å². The van der Waals surface area contributed by atoms with E-state index in [4.69, 9.17) is 14.2 Å². The Labute approximate surface area is 117 Å². The van der Waals surface area contributed by atoms with E-state index in [2.05, 4.69) is 20.2 Å². The molecule has 0 bridgehead atoms. The molecule has 4 rings (SSSR count). The van der Waals surface area contributed by atoms with E-state index in [1.807, 2.05) is 13.8 Å². The molecule has 2 aromatic rings. The van der Waals surface area contributed by atoms with Crippen molar-refractivity contribution in [2.45, 2.75) is 37.9 Å². The van der Waals surface area contributed by atoms with Gasteiger partial charge in [0.25, 0.3) is 5.56 Å². The van der Waals surface area contributed by atoms with Crippen LogP contribution >= 0.6 is 0 Å². The van der Waals surface area contributed by atoms with Crippen molar-refractivity contribution >= 4 is 11.0 Å². The van der Waals surface area contributed by atoms with Gasteiger partial charge in [0.1, 0.15) is 18.3 Å². The maximum Gasteiger partial charge on any atom is 0.326 e. The van der Waals surface area contributed by atoms with Gasteiger partial charge in [0.15, 0.2) is 11.3 Å². The molecule has 21 heavy (non-hydrogen) atoms. The van der Waals surface area contributed by atoms with Gasteiger partial charge in [0, 0.05) is 0 Å². The highest BCUT2D eigenvalue weighted by Gasteiger charge is 2.51. The Morgan fingerprint density at radius 1 is 1.24 bits per heavy atom. The molecular weight excluding hydrogens is 280 g/mol. The minimum Gasteiger partial charge on any atom is -0.366 e. The minimum absolute atomic E-state index is 0.134. The van der Waals surface area contributed by atoms with Gasteiger partial charge in [-0.2, -0.15) is 5.10 Å². The molecule has 112 valence electrons. The molecule has 2 saturated heterocycles. The van der Waals surface area contributed by atoms with Crippen molar-refractivity contribution in [1.82, 2.24) is 20.2 Å². The van der Waals surface area contributed by atoms with Crippen molar-refractivity contribution < 1.29 is 14.2 Å². The van der Waals surface area contributed by atoms with Crippen molar-refractivity contribution in [3.05, 3.63) is 26.5 Å². The first-order valence-corrected chi connectivity index (χ1v) is 6.62. The van der Waals surface area contributed by atoms with Crippen molar-refractivity contribution in [2.75, 3.05) is 6.61 Å². The molecular formula is C12H14N4O5. The summed E-state index contributed by atoms with van der Waals surface area (Å²) in [6.07, 6.45) is -0.970. The molecule has 9 heteroatoms. The fraction of sp³-hybridized carbons (Fsp3) is 0.583. The highest BCUT2D eigenvalue weighted by atomic mass is 16.8. The molecule has 0 radical (unpaired) electrons. The smallest absolute Gasteiger partial charge is 0.326 e. The van der Waals surface area contributed by atoms with Gasteiger partial charge in [-0.05, 0) is 13.8 Å². The van der Waals surface area contributed by atoms with Crippen LogP contribution in [0, 0.1) is 0 Å². The number of hydrogen-bond donors (Lipinski definition) is 3. The van der Waals surface area contributed by atoms with Crippen molar-refractivity contribution in [2.24, 2.45) is 0 Å². The average Bonchev–Trinajstić information content (AvgIpc) is 3.00. The third kappa shape index (κ3) is 1.85. The predicted molar refractivity (Wildman–Crippen MR) is 69.9 cm³/mol. The first-order chi connectivity index (χ1) is 9.94. The van der Waals surface area contributed by atoms with Gasteiger partial charge in [-0.3, -0.25) is 14.9 Å². The van der Waals surface area contributed by atoms with Crippen LogP contribution in [0.25, 0.3) is 11.0 Å². The lowest BCUT2D eigenvalue weighted by Gasteiger charge is -2.21. The quantitative estimate of drug-likeness (QED) is 0.653. The summed E-state index contributed by atoms with van der Waals surface area (Å²) in [5, 5.41) is 6.70. The average molecular weight is 294 g/mol. The van der Waals surface area contributed by atoms with Crippen LogP contribution in [0.5, 0.6) is 0 Å². The maximum absolute atomic E-state index is 11.7. The maximum atomic E-state index is 11.7. The van der Waals surface area contributed by atoms with Gasteiger partial charge in [0.05, 0.1) is 17.8 Å². The highest BCUT2D eigenvalue weighted by Crippen LogP contribution is 2.42. The van der Waals surface area contributed by atoms with Crippen LogP contribution in [0.1, 0.15) is 25.6 Å². The van der Waals surface area contributed by atoms with Crippen LogP contribution in [0.2, 0.25) is 0 Å². The highest BCUT2D eigenvalue weighted by molar-refractivity contribution is 5.75. The van der Waals surface area contributed by atoms with Gasteiger partial charge < -0.3 is 19.2 Å². The van der Waals surface area contributed by atoms with Gasteiger partial charge in [0.2, 0.25) is 0 Å². The molecule has 2 fully saturated rings. The van der Waals surface area contributed by atoms with Crippen LogP contribution in [0.15, 0.2) is 9.59 Å². The summed E-state index contributed by atoms with van der Waals surface area (Å²) >= 11 is 0. The summed E-state index contributed by atoms with van der Waals surface area (Å²) in [7, 11) is 0. The zero-order valence-electron chi connectivity index (χ0n) is 11.4. The monoisotopic (exact) mass is 294 g/mol. The molecule has 0 saturated carbocycles. The van der Waals surface area contributed by atoms with Gasteiger partial charge in [-0.15, -0.1) is 0 Å². The van der Waals surface area contributed by atoms with E-state index >= 15 is 0 Å². The summed E-state index contributed by atoms with van der Waals surface area (Å²) < 4.78 is 17.3. The van der Waals surface area contributed by atoms with Crippen molar-refractivity contribution in [3.8, 4) is 0 Å². The summed E-state index contributed by atoms with van der Waals surface area (Å²) in [4.78, 5) is 27.9. The summed E-state index contributed by atoms with van der Waals surface area (Å²) in [5.41, 5.74) is -0.150. The van der Waals surface area contributed by atoms with Crippen molar-refractivity contribution in [3.63, 3.8) is 0 Å². The minimum atomic E-state index is -0.682. The Bertz CT molecular complexity index is 819. The van der Waals surface area contributed by atoms with E-state index < -0.39 is 23.1 Å². The second-order valence-corrected chi connectivity index (χ2v) is 5.66. The van der Waals surface area contributed by atoms with Crippen LogP contribution in [0.4, 0.5) is 0 Å². The molecule has 3 unspecified atom stereocenters. The standard InChI is InChI=1S/C12H14N4O5/c1-12(2)20-4-3-19-9(8(4)21-12)6-5-7(16-15-6)10(17)14-11(18)13-5/h4,8-9H,3H2,1-2H3,(H,15,16)(H2,13,14,17,18). The van der Waals surface area contributed by atoms with E-state index in [-0.39, 0.29) is 17.7 Å². The second-order valence-electron chi connectivity index (χ2n) is 5.66. The van der Waals surface area contributed by atoms with Gasteiger partial charge in [-0.25, -0.2) is 4.79 Å². The molecule has 3 N–H and O–H groups in total. The van der Waals surface area contributed by atoms with E-state index in [1.54, 1.807) is 0 Å². The Kier molecular flexibility index (Phi) is 2.44. The topological polar surface area (TPSA) is 122 Å². The molecule has 4 heterocycles. The number of aromatic nitrogens is 4. The summed E-state index contributed by atoms with van der Waals surface area (Å²) in [6.45, 7) is 4.05. The number of nitrogens with one attached hydrogen (secondary N) is 3.